The first kappa shape index (κ1) is 12.5. The molecule has 4 rings (SSSR count). The highest BCUT2D eigenvalue weighted by molar-refractivity contribution is 5.93. The monoisotopic (exact) mass is 339 g/mol. The Hall–Kier alpha value is -2.80. The van der Waals surface area contributed by atoms with Crippen molar-refractivity contribution in [1.82, 2.24) is 24.6 Å². The topological polar surface area (TPSA) is 75.9 Å². The number of amides is 1. The largest absolute Gasteiger partial charge is 0.310 e. The van der Waals surface area contributed by atoms with Crippen LogP contribution in [-0.2, 0) is 11.8 Å². The standard InChI is InChI=1S/C18H20N6O/c1-23-11-15(9-21-23)14-6-13-7-17(20-10-16(13)19-8-14)22-18(25)12-24-4-2-3-5-24/h6-11H,2-5,12H2,1H3,(H,20,22,25)/i1D3. The summed E-state index contributed by atoms with van der Waals surface area (Å²) in [6.45, 7) is -0.0445. The third-order valence-electron chi connectivity index (χ3n) is 4.32. The van der Waals surface area contributed by atoms with Gasteiger partial charge in [0, 0.05) is 40.0 Å². The van der Waals surface area contributed by atoms with Crippen molar-refractivity contribution in [2.75, 3.05) is 25.0 Å². The summed E-state index contributed by atoms with van der Waals surface area (Å²) in [4.78, 5) is 23.0. The lowest BCUT2D eigenvalue weighted by Crippen LogP contribution is -2.31. The zero-order valence-electron chi connectivity index (χ0n) is 16.6. The lowest BCUT2D eigenvalue weighted by molar-refractivity contribution is -0.117. The van der Waals surface area contributed by atoms with Crippen LogP contribution in [0.4, 0.5) is 5.82 Å². The van der Waals surface area contributed by atoms with Crippen molar-refractivity contribution in [2.24, 2.45) is 6.98 Å². The Balaban J connectivity index is 1.55. The van der Waals surface area contributed by atoms with Gasteiger partial charge in [-0.3, -0.25) is 19.4 Å². The van der Waals surface area contributed by atoms with E-state index in [-0.39, 0.29) is 5.91 Å². The Morgan fingerprint density at radius 3 is 2.88 bits per heavy atom. The van der Waals surface area contributed by atoms with Crippen molar-refractivity contribution in [3.8, 4) is 11.1 Å². The van der Waals surface area contributed by atoms with E-state index >= 15 is 0 Å². The molecule has 7 heteroatoms. The first-order chi connectivity index (χ1) is 13.4. The average molecular weight is 339 g/mol. The predicted molar refractivity (Wildman–Crippen MR) is 96.0 cm³/mol. The number of nitrogens with one attached hydrogen (secondary N) is 1. The van der Waals surface area contributed by atoms with E-state index < -0.39 is 6.98 Å². The fourth-order valence-electron chi connectivity index (χ4n) is 3.06. The molecule has 0 aliphatic carbocycles. The molecule has 0 unspecified atom stereocenters. The molecule has 1 aliphatic rings. The normalized spacial score (nSPS) is 17.2. The summed E-state index contributed by atoms with van der Waals surface area (Å²) in [5.74, 6) is 0.380. The molecule has 0 radical (unpaired) electrons. The molecule has 0 atom stereocenters. The van der Waals surface area contributed by atoms with Gasteiger partial charge in [-0.15, -0.1) is 0 Å². The molecule has 0 spiro atoms. The van der Waals surface area contributed by atoms with Gasteiger partial charge in [-0.05, 0) is 38.1 Å². The number of pyridine rings is 2. The second-order valence-corrected chi connectivity index (χ2v) is 6.19. The quantitative estimate of drug-likeness (QED) is 0.787. The fraction of sp³-hybridized carbons (Fsp3) is 0.333. The van der Waals surface area contributed by atoms with Gasteiger partial charge in [0.1, 0.15) is 5.82 Å². The molecule has 3 aromatic heterocycles. The van der Waals surface area contributed by atoms with Gasteiger partial charge in [0.2, 0.25) is 5.91 Å². The molecule has 7 nitrogen and oxygen atoms in total. The highest BCUT2D eigenvalue weighted by atomic mass is 16.2. The molecular formula is C18H20N6O. The summed E-state index contributed by atoms with van der Waals surface area (Å²) in [5, 5.41) is 7.53. The Labute approximate surface area is 149 Å². The van der Waals surface area contributed by atoms with Gasteiger partial charge < -0.3 is 5.32 Å². The van der Waals surface area contributed by atoms with Crippen LogP contribution in [0.5, 0.6) is 0 Å². The number of aryl methyl sites for hydroxylation is 1. The number of hydrogen-bond donors (Lipinski definition) is 1. The minimum absolute atomic E-state index is 0.0863. The van der Waals surface area contributed by atoms with E-state index in [0.717, 1.165) is 41.6 Å². The SMILES string of the molecule is [2H]C([2H])([2H])n1cc(-c2cnc3cnc(NC(=O)CN4CCCC4)cc3c2)cn1. The molecule has 1 saturated heterocycles. The maximum Gasteiger partial charge on any atom is 0.239 e. The number of nitrogens with zero attached hydrogens (tertiary/aromatic N) is 5. The van der Waals surface area contributed by atoms with Crippen LogP contribution in [0, 0.1) is 0 Å². The number of likely N-dealkylation sites (tertiary alicyclic amines) is 1. The first-order valence-electron chi connectivity index (χ1n) is 9.72. The lowest BCUT2D eigenvalue weighted by Gasteiger charge is -2.13. The summed E-state index contributed by atoms with van der Waals surface area (Å²) in [7, 11) is 0. The van der Waals surface area contributed by atoms with E-state index in [4.69, 9.17) is 4.11 Å². The Morgan fingerprint density at radius 1 is 1.20 bits per heavy atom. The van der Waals surface area contributed by atoms with Crippen LogP contribution in [0.3, 0.4) is 0 Å². The molecule has 1 fully saturated rings. The van der Waals surface area contributed by atoms with E-state index in [1.807, 2.05) is 6.07 Å². The van der Waals surface area contributed by atoms with Crippen molar-refractivity contribution in [3.05, 3.63) is 36.9 Å². The molecule has 128 valence electrons. The van der Waals surface area contributed by atoms with Crippen LogP contribution < -0.4 is 5.32 Å². The molecule has 25 heavy (non-hydrogen) atoms. The molecule has 3 aromatic rings. The van der Waals surface area contributed by atoms with Crippen molar-refractivity contribution >= 4 is 22.6 Å². The molecule has 4 heterocycles. The second-order valence-electron chi connectivity index (χ2n) is 6.19. The molecule has 0 bridgehead atoms. The van der Waals surface area contributed by atoms with Crippen LogP contribution in [0.1, 0.15) is 17.0 Å². The molecule has 1 N–H and O–H groups in total. The predicted octanol–water partition coefficient (Wildman–Crippen LogP) is 2.06. The zero-order chi connectivity index (χ0) is 19.7. The highest BCUT2D eigenvalue weighted by Gasteiger charge is 2.15. The average Bonchev–Trinajstić information content (AvgIpc) is 3.32. The maximum absolute atomic E-state index is 12.2. The van der Waals surface area contributed by atoms with E-state index in [1.54, 1.807) is 18.5 Å². The summed E-state index contributed by atoms with van der Waals surface area (Å²) in [5.41, 5.74) is 2.08. The van der Waals surface area contributed by atoms with Gasteiger partial charge in [-0.2, -0.15) is 5.10 Å². The third kappa shape index (κ3) is 3.51. The molecule has 1 amide bonds. The van der Waals surface area contributed by atoms with Crippen LogP contribution in [0.2, 0.25) is 0 Å². The molecule has 0 aromatic carbocycles. The lowest BCUT2D eigenvalue weighted by atomic mass is 10.1. The van der Waals surface area contributed by atoms with Crippen LogP contribution in [-0.4, -0.2) is 50.2 Å². The minimum atomic E-state index is -2.32. The van der Waals surface area contributed by atoms with Gasteiger partial charge in [-0.1, -0.05) is 0 Å². The van der Waals surface area contributed by atoms with E-state index in [9.17, 15) is 4.79 Å². The number of carbonyl (C=O) groups is 1. The van der Waals surface area contributed by atoms with E-state index in [1.165, 1.54) is 12.4 Å². The van der Waals surface area contributed by atoms with Crippen molar-refractivity contribution in [2.45, 2.75) is 12.8 Å². The van der Waals surface area contributed by atoms with Crippen molar-refractivity contribution < 1.29 is 8.91 Å². The summed E-state index contributed by atoms with van der Waals surface area (Å²) in [6, 6.07) is 3.64. The van der Waals surface area contributed by atoms with Crippen LogP contribution in [0.25, 0.3) is 22.0 Å². The van der Waals surface area contributed by atoms with Gasteiger partial charge in [0.25, 0.3) is 0 Å². The summed E-state index contributed by atoms with van der Waals surface area (Å²) in [6.07, 6.45) is 8.49. The summed E-state index contributed by atoms with van der Waals surface area (Å²) < 4.78 is 23.2. The third-order valence-corrected chi connectivity index (χ3v) is 4.32. The van der Waals surface area contributed by atoms with Gasteiger partial charge >= 0.3 is 0 Å². The number of fused-ring (bicyclic) bond motifs is 1. The van der Waals surface area contributed by atoms with Crippen LogP contribution >= 0.6 is 0 Å². The van der Waals surface area contributed by atoms with E-state index in [0.29, 0.717) is 23.4 Å². The van der Waals surface area contributed by atoms with Gasteiger partial charge in [0.15, 0.2) is 0 Å². The number of aromatic nitrogens is 4. The van der Waals surface area contributed by atoms with Crippen LogP contribution in [0.15, 0.2) is 36.9 Å². The number of anilines is 1. The fourth-order valence-corrected chi connectivity index (χ4v) is 3.06. The van der Waals surface area contributed by atoms with E-state index in [2.05, 4.69) is 25.3 Å². The molecule has 1 aliphatic heterocycles. The first-order valence-corrected chi connectivity index (χ1v) is 8.22. The molecule has 0 saturated carbocycles. The maximum atomic E-state index is 12.2. The van der Waals surface area contributed by atoms with Crippen molar-refractivity contribution in [1.29, 1.82) is 0 Å². The number of rotatable bonds is 4. The summed E-state index contributed by atoms with van der Waals surface area (Å²) >= 11 is 0. The zero-order valence-corrected chi connectivity index (χ0v) is 13.6. The Kier molecular flexibility index (Phi) is 3.31. The molecular weight excluding hydrogens is 316 g/mol. The van der Waals surface area contributed by atoms with Gasteiger partial charge in [-0.25, -0.2) is 4.98 Å². The second kappa shape index (κ2) is 6.60. The minimum Gasteiger partial charge on any atom is -0.310 e. The Bertz CT molecular complexity index is 1010. The number of carbonyl (C=O) groups excluding carboxylic acids is 1. The highest BCUT2D eigenvalue weighted by Crippen LogP contribution is 2.23. The smallest absolute Gasteiger partial charge is 0.239 e. The Morgan fingerprint density at radius 2 is 2.08 bits per heavy atom. The van der Waals surface area contributed by atoms with Crippen molar-refractivity contribution in [3.63, 3.8) is 0 Å². The number of hydrogen-bond acceptors (Lipinski definition) is 5. The van der Waals surface area contributed by atoms with Gasteiger partial charge in [0.05, 0.1) is 24.5 Å².